The van der Waals surface area contributed by atoms with E-state index < -0.39 is 10.9 Å². The number of hydrogen-bond donors (Lipinski definition) is 0. The minimum Gasteiger partial charge on any atom is -0.449 e. The molecule has 0 saturated carbocycles. The van der Waals surface area contributed by atoms with E-state index in [1.54, 1.807) is 24.3 Å². The van der Waals surface area contributed by atoms with E-state index in [4.69, 9.17) is 20.8 Å². The number of aromatic nitrogens is 2. The molecule has 0 spiro atoms. The van der Waals surface area contributed by atoms with Crippen LogP contribution in [0.25, 0.3) is 11.5 Å². The van der Waals surface area contributed by atoms with Gasteiger partial charge in [0.25, 0.3) is 10.9 Å². The predicted molar refractivity (Wildman–Crippen MR) is 107 cm³/mol. The zero-order valence-electron chi connectivity index (χ0n) is 14.7. The van der Waals surface area contributed by atoms with Crippen LogP contribution in [0.4, 0.5) is 5.69 Å². The molecule has 0 saturated heterocycles. The number of thioether (sulfide) groups is 1. The van der Waals surface area contributed by atoms with E-state index in [-0.39, 0.29) is 17.9 Å². The van der Waals surface area contributed by atoms with E-state index in [0.717, 1.165) is 5.56 Å². The molecule has 0 fully saturated rings. The van der Waals surface area contributed by atoms with Crippen molar-refractivity contribution in [3.05, 3.63) is 69.2 Å². The number of carbonyl (C=O) groups is 1. The number of nitro benzene ring substituents is 1. The third kappa shape index (κ3) is 5.81. The molecule has 3 aromatic rings. The monoisotopic (exact) mass is 429 g/mol. The highest BCUT2D eigenvalue weighted by molar-refractivity contribution is 7.99. The zero-order valence-corrected chi connectivity index (χ0v) is 16.3. The number of benzene rings is 2. The Hall–Kier alpha value is -3.35. The second kappa shape index (κ2) is 9.73. The minimum absolute atomic E-state index is 0.0985. The molecule has 29 heavy (non-hydrogen) atoms. The summed E-state index contributed by atoms with van der Waals surface area (Å²) in [4.78, 5) is 21.9. The molecule has 0 aliphatic carbocycles. The first-order valence-corrected chi connectivity index (χ1v) is 9.49. The smallest absolute Gasteiger partial charge is 0.339 e. The van der Waals surface area contributed by atoms with E-state index in [0.29, 0.717) is 21.9 Å². The molecule has 0 atom stereocenters. The highest BCUT2D eigenvalue weighted by atomic mass is 35.5. The van der Waals surface area contributed by atoms with E-state index in [1.807, 2.05) is 0 Å². The Bertz CT molecular complexity index is 1070. The first kappa shape index (κ1) is 20.4. The summed E-state index contributed by atoms with van der Waals surface area (Å²) in [6, 6.07) is 12.2. The molecule has 0 N–H and O–H groups in total. The van der Waals surface area contributed by atoms with Gasteiger partial charge in [0.2, 0.25) is 5.89 Å². The maximum absolute atomic E-state index is 11.8. The third-order valence-electron chi connectivity index (χ3n) is 3.48. The maximum Gasteiger partial charge on any atom is 0.339 e. The van der Waals surface area contributed by atoms with E-state index >= 15 is 0 Å². The van der Waals surface area contributed by atoms with E-state index in [2.05, 4.69) is 22.0 Å². The van der Waals surface area contributed by atoms with Crippen LogP contribution < -0.4 is 0 Å². The molecule has 0 radical (unpaired) electrons. The fourth-order valence-corrected chi connectivity index (χ4v) is 2.74. The van der Waals surface area contributed by atoms with Crippen molar-refractivity contribution in [2.24, 2.45) is 0 Å². The predicted octanol–water partition coefficient (Wildman–Crippen LogP) is 4.25. The number of non-ortho nitro benzene ring substituents is 1. The standard InChI is InChI=1S/C19H12ClN3O5S/c20-15-7-3-13(4-8-15)17-21-22-19(28-17)29-12-2-1-11-27-18(24)14-5-9-16(10-6-14)23(25)26/h3-10H,11-12H2. The Kier molecular flexibility index (Phi) is 6.84. The quantitative estimate of drug-likeness (QED) is 0.188. The average Bonchev–Trinajstić information content (AvgIpc) is 3.20. The van der Waals surface area contributed by atoms with Gasteiger partial charge in [0, 0.05) is 22.7 Å². The lowest BCUT2D eigenvalue weighted by Crippen LogP contribution is -2.05. The molecule has 0 unspecified atom stereocenters. The molecule has 3 rings (SSSR count). The molecule has 10 heteroatoms. The molecule has 0 amide bonds. The summed E-state index contributed by atoms with van der Waals surface area (Å²) in [7, 11) is 0. The topological polar surface area (TPSA) is 108 Å². The van der Waals surface area contributed by atoms with Gasteiger partial charge >= 0.3 is 5.97 Å². The molecule has 0 aliphatic heterocycles. The van der Waals surface area contributed by atoms with Gasteiger partial charge in [0.1, 0.15) is 0 Å². The first-order valence-electron chi connectivity index (χ1n) is 8.12. The van der Waals surface area contributed by atoms with Crippen molar-refractivity contribution in [2.45, 2.75) is 5.22 Å². The van der Waals surface area contributed by atoms with Gasteiger partial charge in [-0.1, -0.05) is 35.2 Å². The van der Waals surface area contributed by atoms with Crippen LogP contribution in [0.1, 0.15) is 10.4 Å². The first-order chi connectivity index (χ1) is 14.0. The molecule has 0 aliphatic rings. The Balaban J connectivity index is 1.43. The van der Waals surface area contributed by atoms with Crippen molar-refractivity contribution in [2.75, 3.05) is 12.4 Å². The molecule has 146 valence electrons. The fourth-order valence-electron chi connectivity index (χ4n) is 2.08. The van der Waals surface area contributed by atoms with Crippen LogP contribution in [-0.4, -0.2) is 33.4 Å². The number of nitrogens with zero attached hydrogens (tertiary/aromatic N) is 3. The van der Waals surface area contributed by atoms with Crippen LogP contribution in [0.5, 0.6) is 0 Å². The van der Waals surface area contributed by atoms with Gasteiger partial charge in [-0.15, -0.1) is 10.2 Å². The normalized spacial score (nSPS) is 10.1. The number of esters is 1. The van der Waals surface area contributed by atoms with Crippen molar-refractivity contribution >= 4 is 35.0 Å². The molecule has 2 aromatic carbocycles. The van der Waals surface area contributed by atoms with E-state index in [1.165, 1.54) is 36.0 Å². The lowest BCUT2D eigenvalue weighted by molar-refractivity contribution is -0.384. The Morgan fingerprint density at radius 1 is 1.14 bits per heavy atom. The minimum atomic E-state index is -0.605. The lowest BCUT2D eigenvalue weighted by Gasteiger charge is -2.00. The second-order valence-electron chi connectivity index (χ2n) is 5.40. The van der Waals surface area contributed by atoms with Gasteiger partial charge in [-0.25, -0.2) is 4.79 Å². The van der Waals surface area contributed by atoms with Gasteiger partial charge in [0.15, 0.2) is 6.61 Å². The maximum atomic E-state index is 11.8. The highest BCUT2D eigenvalue weighted by Gasteiger charge is 2.10. The van der Waals surface area contributed by atoms with Crippen molar-refractivity contribution < 1.29 is 18.9 Å². The largest absolute Gasteiger partial charge is 0.449 e. The van der Waals surface area contributed by atoms with Crippen LogP contribution in [0.15, 0.2) is 58.2 Å². The summed E-state index contributed by atoms with van der Waals surface area (Å²) in [5.74, 6) is 5.68. The number of ether oxygens (including phenoxy) is 1. The van der Waals surface area contributed by atoms with Gasteiger partial charge < -0.3 is 9.15 Å². The van der Waals surface area contributed by atoms with Gasteiger partial charge in [0.05, 0.1) is 16.2 Å². The number of nitro groups is 1. The van der Waals surface area contributed by atoms with Crippen LogP contribution in [-0.2, 0) is 4.74 Å². The SMILES string of the molecule is O=C(OCC#CCSc1nnc(-c2ccc(Cl)cc2)o1)c1ccc([N+](=O)[O-])cc1. The van der Waals surface area contributed by atoms with Crippen LogP contribution in [0.3, 0.4) is 0 Å². The Morgan fingerprint density at radius 3 is 2.55 bits per heavy atom. The number of rotatable bonds is 6. The number of carbonyl (C=O) groups excluding carboxylic acids is 1. The summed E-state index contributed by atoms with van der Waals surface area (Å²) in [5, 5.41) is 19.5. The molecule has 8 nitrogen and oxygen atoms in total. The number of hydrogen-bond acceptors (Lipinski definition) is 8. The summed E-state index contributed by atoms with van der Waals surface area (Å²) in [5.41, 5.74) is 0.879. The Labute approximate surface area is 174 Å². The molecule has 0 bridgehead atoms. The second-order valence-corrected chi connectivity index (χ2v) is 6.77. The van der Waals surface area contributed by atoms with Gasteiger partial charge in [-0.3, -0.25) is 10.1 Å². The van der Waals surface area contributed by atoms with Gasteiger partial charge in [-0.05, 0) is 36.4 Å². The summed E-state index contributed by atoms with van der Waals surface area (Å²) >= 11 is 7.10. The lowest BCUT2D eigenvalue weighted by atomic mass is 10.2. The summed E-state index contributed by atoms with van der Waals surface area (Å²) in [6.07, 6.45) is 0. The highest BCUT2D eigenvalue weighted by Crippen LogP contribution is 2.24. The zero-order chi connectivity index (χ0) is 20.6. The van der Waals surface area contributed by atoms with Gasteiger partial charge in [-0.2, -0.15) is 0 Å². The molecular formula is C19H12ClN3O5S. The molecular weight excluding hydrogens is 418 g/mol. The van der Waals surface area contributed by atoms with Crippen molar-refractivity contribution in [3.63, 3.8) is 0 Å². The van der Waals surface area contributed by atoms with Crippen molar-refractivity contribution in [3.8, 4) is 23.3 Å². The van der Waals surface area contributed by atoms with E-state index in [9.17, 15) is 14.9 Å². The molecule has 1 heterocycles. The van der Waals surface area contributed by atoms with Crippen molar-refractivity contribution in [1.29, 1.82) is 0 Å². The fraction of sp³-hybridized carbons (Fsp3) is 0.105. The van der Waals surface area contributed by atoms with Crippen molar-refractivity contribution in [1.82, 2.24) is 10.2 Å². The number of halogens is 1. The van der Waals surface area contributed by atoms with Crippen LogP contribution in [0.2, 0.25) is 5.02 Å². The average molecular weight is 430 g/mol. The Morgan fingerprint density at radius 2 is 1.86 bits per heavy atom. The third-order valence-corrected chi connectivity index (χ3v) is 4.43. The summed E-state index contributed by atoms with van der Waals surface area (Å²) < 4.78 is 10.5. The van der Waals surface area contributed by atoms with Crippen LogP contribution >= 0.6 is 23.4 Å². The summed E-state index contributed by atoms with van der Waals surface area (Å²) in [6.45, 7) is -0.101. The molecule has 1 aromatic heterocycles. The van der Waals surface area contributed by atoms with Crippen LogP contribution in [0, 0.1) is 22.0 Å².